The van der Waals surface area contributed by atoms with Crippen LogP contribution in [-0.4, -0.2) is 18.4 Å². The lowest BCUT2D eigenvalue weighted by Gasteiger charge is -2.18. The number of nitrogens with zero attached hydrogens (tertiary/aromatic N) is 1. The van der Waals surface area contributed by atoms with Crippen molar-refractivity contribution in [1.29, 1.82) is 0 Å². The number of nitrogens with one attached hydrogen (secondary N) is 2. The molecule has 1 atom stereocenters. The SMILES string of the molecule is CCC(NS(=O)(=O)c1ccccc1C(F)(F)F)c1ncc(-c2ccccc2)[nH]1. The summed E-state index contributed by atoms with van der Waals surface area (Å²) >= 11 is 0. The first kappa shape index (κ1) is 20.1. The first-order valence-corrected chi connectivity index (χ1v) is 9.99. The minimum absolute atomic E-state index is 0.301. The zero-order valence-corrected chi connectivity index (χ0v) is 15.7. The second-order valence-corrected chi connectivity index (χ2v) is 7.81. The molecule has 1 heterocycles. The highest BCUT2D eigenvalue weighted by atomic mass is 32.2. The van der Waals surface area contributed by atoms with Crippen LogP contribution in [0.3, 0.4) is 0 Å². The van der Waals surface area contributed by atoms with Crippen LogP contribution in [-0.2, 0) is 16.2 Å². The van der Waals surface area contributed by atoms with Crippen molar-refractivity contribution in [3.05, 3.63) is 72.2 Å². The van der Waals surface area contributed by atoms with Crippen molar-refractivity contribution in [3.63, 3.8) is 0 Å². The number of H-pyrrole nitrogens is 1. The lowest BCUT2D eigenvalue weighted by atomic mass is 10.2. The molecule has 0 amide bonds. The monoisotopic (exact) mass is 409 g/mol. The maximum absolute atomic E-state index is 13.2. The quantitative estimate of drug-likeness (QED) is 0.628. The molecule has 2 aromatic carbocycles. The van der Waals surface area contributed by atoms with E-state index in [9.17, 15) is 21.6 Å². The van der Waals surface area contributed by atoms with Gasteiger partial charge in [-0.25, -0.2) is 18.1 Å². The maximum atomic E-state index is 13.2. The van der Waals surface area contributed by atoms with Crippen LogP contribution in [0.5, 0.6) is 0 Å². The predicted octanol–water partition coefficient (Wildman–Crippen LogP) is 4.53. The highest BCUT2D eigenvalue weighted by Gasteiger charge is 2.37. The molecule has 28 heavy (non-hydrogen) atoms. The van der Waals surface area contributed by atoms with Crippen LogP contribution in [0.1, 0.15) is 30.8 Å². The Morgan fingerprint density at radius 3 is 2.36 bits per heavy atom. The molecule has 0 spiro atoms. The summed E-state index contributed by atoms with van der Waals surface area (Å²) in [6, 6.07) is 12.6. The Labute approximate surface area is 160 Å². The van der Waals surface area contributed by atoms with Gasteiger partial charge in [-0.15, -0.1) is 0 Å². The summed E-state index contributed by atoms with van der Waals surface area (Å²) in [5.74, 6) is 0.328. The molecule has 2 N–H and O–H groups in total. The minimum Gasteiger partial charge on any atom is -0.341 e. The lowest BCUT2D eigenvalue weighted by molar-refractivity contribution is -0.139. The van der Waals surface area contributed by atoms with Crippen molar-refractivity contribution in [1.82, 2.24) is 14.7 Å². The number of alkyl halides is 3. The fourth-order valence-electron chi connectivity index (χ4n) is 2.80. The minimum atomic E-state index is -4.78. The zero-order chi connectivity index (χ0) is 20.4. The van der Waals surface area contributed by atoms with Gasteiger partial charge in [0.15, 0.2) is 0 Å². The highest BCUT2D eigenvalue weighted by Crippen LogP contribution is 2.34. The van der Waals surface area contributed by atoms with Crippen molar-refractivity contribution in [2.45, 2.75) is 30.5 Å². The maximum Gasteiger partial charge on any atom is 0.417 e. The van der Waals surface area contributed by atoms with Crippen LogP contribution in [0, 0.1) is 0 Å². The fraction of sp³-hybridized carbons (Fsp3) is 0.211. The lowest BCUT2D eigenvalue weighted by Crippen LogP contribution is -2.30. The molecule has 0 saturated heterocycles. The molecule has 1 aromatic heterocycles. The van der Waals surface area contributed by atoms with Crippen LogP contribution < -0.4 is 4.72 Å². The first-order chi connectivity index (χ1) is 13.2. The molecule has 5 nitrogen and oxygen atoms in total. The van der Waals surface area contributed by atoms with Gasteiger partial charge in [-0.05, 0) is 24.1 Å². The number of halogens is 3. The molecule has 0 aliphatic heterocycles. The number of imidazole rings is 1. The highest BCUT2D eigenvalue weighted by molar-refractivity contribution is 7.89. The van der Waals surface area contributed by atoms with Gasteiger partial charge in [0, 0.05) is 0 Å². The molecule has 0 radical (unpaired) electrons. The van der Waals surface area contributed by atoms with Crippen LogP contribution in [0.2, 0.25) is 0 Å². The van der Waals surface area contributed by atoms with E-state index in [-0.39, 0.29) is 0 Å². The van der Waals surface area contributed by atoms with Crippen LogP contribution in [0.4, 0.5) is 13.2 Å². The van der Waals surface area contributed by atoms with E-state index in [1.54, 1.807) is 13.1 Å². The Bertz CT molecular complexity index is 1050. The standard InChI is InChI=1S/C19H18F3N3O2S/c1-2-15(18-23-12-16(24-18)13-8-4-3-5-9-13)25-28(26,27)17-11-7-6-10-14(17)19(20,21)22/h3-12,15,25H,2H2,1H3,(H,23,24). The van der Waals surface area contributed by atoms with E-state index in [4.69, 9.17) is 0 Å². The number of aromatic nitrogens is 2. The van der Waals surface area contributed by atoms with E-state index in [0.29, 0.717) is 17.9 Å². The molecular formula is C19H18F3N3O2S. The summed E-state index contributed by atoms with van der Waals surface area (Å²) in [7, 11) is -4.42. The number of hydrogen-bond acceptors (Lipinski definition) is 3. The second-order valence-electron chi connectivity index (χ2n) is 6.12. The van der Waals surface area contributed by atoms with Gasteiger partial charge in [0.2, 0.25) is 10.0 Å². The number of hydrogen-bond donors (Lipinski definition) is 2. The molecule has 3 aromatic rings. The molecule has 0 aliphatic carbocycles. The molecule has 9 heteroatoms. The van der Waals surface area contributed by atoms with Gasteiger partial charge in [0.25, 0.3) is 0 Å². The Hall–Kier alpha value is -2.65. The third-order valence-electron chi connectivity index (χ3n) is 4.20. The molecule has 0 aliphatic rings. The van der Waals surface area contributed by atoms with Crippen LogP contribution in [0.15, 0.2) is 65.7 Å². The normalized spacial score (nSPS) is 13.4. The van der Waals surface area contributed by atoms with E-state index in [0.717, 1.165) is 23.8 Å². The third-order valence-corrected chi connectivity index (χ3v) is 5.73. The average Bonchev–Trinajstić information content (AvgIpc) is 3.16. The Balaban J connectivity index is 1.91. The van der Waals surface area contributed by atoms with Crippen molar-refractivity contribution >= 4 is 10.0 Å². The van der Waals surface area contributed by atoms with Gasteiger partial charge in [0.1, 0.15) is 5.82 Å². The molecule has 0 saturated carbocycles. The second kappa shape index (κ2) is 7.76. The van der Waals surface area contributed by atoms with Gasteiger partial charge in [-0.1, -0.05) is 49.4 Å². The molecule has 3 rings (SSSR count). The van der Waals surface area contributed by atoms with E-state index in [1.165, 1.54) is 6.07 Å². The van der Waals surface area contributed by atoms with Crippen molar-refractivity contribution < 1.29 is 21.6 Å². The molecular weight excluding hydrogens is 391 g/mol. The Morgan fingerprint density at radius 2 is 1.71 bits per heavy atom. The summed E-state index contributed by atoms with van der Waals surface area (Å²) in [6.07, 6.45) is -2.92. The van der Waals surface area contributed by atoms with Gasteiger partial charge in [-0.3, -0.25) is 0 Å². The molecule has 0 fully saturated rings. The van der Waals surface area contributed by atoms with Crippen LogP contribution >= 0.6 is 0 Å². The van der Waals surface area contributed by atoms with E-state index in [1.807, 2.05) is 30.3 Å². The van der Waals surface area contributed by atoms with E-state index in [2.05, 4.69) is 14.7 Å². The first-order valence-electron chi connectivity index (χ1n) is 8.51. The number of benzene rings is 2. The average molecular weight is 409 g/mol. The summed E-state index contributed by atoms with van der Waals surface area (Å²) in [6.45, 7) is 1.72. The van der Waals surface area contributed by atoms with E-state index >= 15 is 0 Å². The molecule has 0 bridgehead atoms. The summed E-state index contributed by atoms with van der Waals surface area (Å²) < 4.78 is 67.3. The van der Waals surface area contributed by atoms with E-state index < -0.39 is 32.7 Å². The number of rotatable bonds is 6. The van der Waals surface area contributed by atoms with Gasteiger partial charge >= 0.3 is 6.18 Å². The zero-order valence-electron chi connectivity index (χ0n) is 14.9. The van der Waals surface area contributed by atoms with Crippen LogP contribution in [0.25, 0.3) is 11.3 Å². The Morgan fingerprint density at radius 1 is 1.07 bits per heavy atom. The predicted molar refractivity (Wildman–Crippen MR) is 98.8 cm³/mol. The summed E-state index contributed by atoms with van der Waals surface area (Å²) in [5.41, 5.74) is 0.340. The molecule has 148 valence electrons. The third kappa shape index (κ3) is 4.26. The van der Waals surface area contributed by atoms with Crippen molar-refractivity contribution in [2.75, 3.05) is 0 Å². The molecule has 1 unspecified atom stereocenters. The van der Waals surface area contributed by atoms with Gasteiger partial charge < -0.3 is 4.98 Å². The smallest absolute Gasteiger partial charge is 0.341 e. The topological polar surface area (TPSA) is 74.8 Å². The number of sulfonamides is 1. The summed E-state index contributed by atoms with van der Waals surface area (Å²) in [4.78, 5) is 6.44. The fourth-order valence-corrected chi connectivity index (χ4v) is 4.31. The largest absolute Gasteiger partial charge is 0.417 e. The van der Waals surface area contributed by atoms with Crippen molar-refractivity contribution in [2.24, 2.45) is 0 Å². The van der Waals surface area contributed by atoms with Crippen molar-refractivity contribution in [3.8, 4) is 11.3 Å². The number of aromatic amines is 1. The van der Waals surface area contributed by atoms with Gasteiger partial charge in [0.05, 0.1) is 28.4 Å². The summed E-state index contributed by atoms with van der Waals surface area (Å²) in [5, 5.41) is 0. The van der Waals surface area contributed by atoms with Gasteiger partial charge in [-0.2, -0.15) is 13.2 Å². The Kier molecular flexibility index (Phi) is 5.57.